The third-order valence-corrected chi connectivity index (χ3v) is 2.96. The summed E-state index contributed by atoms with van der Waals surface area (Å²) in [4.78, 5) is 16.1. The number of pyridine rings is 1. The van der Waals surface area contributed by atoms with Gasteiger partial charge in [0.15, 0.2) is 5.11 Å². The van der Waals surface area contributed by atoms with Crippen molar-refractivity contribution in [2.45, 2.75) is 0 Å². The van der Waals surface area contributed by atoms with E-state index < -0.39 is 0 Å². The van der Waals surface area contributed by atoms with Crippen LogP contribution in [0.1, 0.15) is 10.4 Å². The van der Waals surface area contributed by atoms with Crippen LogP contribution in [0.5, 0.6) is 5.75 Å². The van der Waals surface area contributed by atoms with Crippen molar-refractivity contribution in [1.29, 1.82) is 0 Å². The van der Waals surface area contributed by atoms with Crippen molar-refractivity contribution in [3.63, 3.8) is 0 Å². The fourth-order valence-corrected chi connectivity index (χ4v) is 1.85. The molecule has 7 heteroatoms. The van der Waals surface area contributed by atoms with Crippen molar-refractivity contribution in [3.8, 4) is 5.75 Å². The second-order valence-electron chi connectivity index (χ2n) is 4.00. The van der Waals surface area contributed by atoms with Crippen LogP contribution in [0, 0.1) is 0 Å². The summed E-state index contributed by atoms with van der Waals surface area (Å²) >= 11 is 10.8. The monoisotopic (exact) mass is 321 g/mol. The number of carbonyl (C=O) groups excluding carboxylic acids is 1. The van der Waals surface area contributed by atoms with Gasteiger partial charge in [0.25, 0.3) is 5.91 Å². The van der Waals surface area contributed by atoms with E-state index in [9.17, 15) is 4.79 Å². The van der Waals surface area contributed by atoms with E-state index in [2.05, 4.69) is 15.6 Å². The van der Waals surface area contributed by atoms with Gasteiger partial charge in [-0.25, -0.2) is 4.98 Å². The molecule has 0 saturated carbocycles. The Labute approximate surface area is 132 Å². The number of benzene rings is 1. The average molecular weight is 322 g/mol. The summed E-state index contributed by atoms with van der Waals surface area (Å²) in [6.45, 7) is 0. The molecular formula is C14H12ClN3O2S. The van der Waals surface area contributed by atoms with Crippen LogP contribution in [0.2, 0.25) is 5.02 Å². The minimum Gasteiger partial charge on any atom is -0.497 e. The molecule has 0 aliphatic carbocycles. The standard InChI is InChI=1S/C14H12ClN3O2S/c1-20-11-4-2-3-9(7-11)13(19)18-14(21)17-12-6-5-10(15)8-16-12/h2-8H,1H3,(H2,16,17,18,19,21). The Morgan fingerprint density at radius 1 is 1.33 bits per heavy atom. The van der Waals surface area contributed by atoms with Gasteiger partial charge >= 0.3 is 0 Å². The number of halogens is 1. The highest BCUT2D eigenvalue weighted by Gasteiger charge is 2.09. The van der Waals surface area contributed by atoms with E-state index in [1.165, 1.54) is 13.3 Å². The van der Waals surface area contributed by atoms with Crippen LogP contribution >= 0.6 is 23.8 Å². The molecule has 0 spiro atoms. The van der Waals surface area contributed by atoms with Crippen LogP contribution in [-0.2, 0) is 0 Å². The average Bonchev–Trinajstić information content (AvgIpc) is 2.49. The molecule has 0 atom stereocenters. The first kappa shape index (κ1) is 15.2. The SMILES string of the molecule is COc1cccc(C(=O)NC(=S)Nc2ccc(Cl)cn2)c1. The summed E-state index contributed by atoms with van der Waals surface area (Å²) in [5.41, 5.74) is 0.447. The zero-order valence-electron chi connectivity index (χ0n) is 11.1. The van der Waals surface area contributed by atoms with Crippen molar-refractivity contribution in [2.75, 3.05) is 12.4 Å². The Balaban J connectivity index is 1.98. The lowest BCUT2D eigenvalue weighted by Gasteiger charge is -2.09. The number of hydrogen-bond acceptors (Lipinski definition) is 4. The Bertz CT molecular complexity index is 662. The summed E-state index contributed by atoms with van der Waals surface area (Å²) < 4.78 is 5.07. The van der Waals surface area contributed by atoms with Gasteiger partial charge < -0.3 is 10.1 Å². The molecule has 1 aromatic heterocycles. The Morgan fingerprint density at radius 2 is 2.14 bits per heavy atom. The van der Waals surface area contributed by atoms with E-state index in [-0.39, 0.29) is 11.0 Å². The molecule has 0 fully saturated rings. The first-order valence-corrected chi connectivity index (χ1v) is 6.75. The molecule has 1 aromatic carbocycles. The molecule has 5 nitrogen and oxygen atoms in total. The molecule has 0 saturated heterocycles. The number of ether oxygens (including phenoxy) is 1. The number of nitrogens with one attached hydrogen (secondary N) is 2. The number of hydrogen-bond donors (Lipinski definition) is 2. The fraction of sp³-hybridized carbons (Fsp3) is 0.0714. The smallest absolute Gasteiger partial charge is 0.257 e. The number of nitrogens with zero attached hydrogens (tertiary/aromatic N) is 1. The van der Waals surface area contributed by atoms with Gasteiger partial charge in [-0.05, 0) is 42.5 Å². The molecule has 0 bridgehead atoms. The first-order valence-electron chi connectivity index (χ1n) is 5.96. The van der Waals surface area contributed by atoms with Crippen LogP contribution in [-0.4, -0.2) is 23.1 Å². The molecule has 0 unspecified atom stereocenters. The summed E-state index contributed by atoms with van der Waals surface area (Å²) in [5, 5.41) is 6.03. The van der Waals surface area contributed by atoms with E-state index in [4.69, 9.17) is 28.6 Å². The lowest BCUT2D eigenvalue weighted by molar-refractivity contribution is 0.0977. The summed E-state index contributed by atoms with van der Waals surface area (Å²) in [6.07, 6.45) is 1.48. The maximum atomic E-state index is 12.0. The zero-order chi connectivity index (χ0) is 15.2. The topological polar surface area (TPSA) is 63.2 Å². The van der Waals surface area contributed by atoms with Gasteiger partial charge in [0.1, 0.15) is 11.6 Å². The number of methoxy groups -OCH3 is 1. The third kappa shape index (κ3) is 4.40. The Kier molecular flexibility index (Phi) is 5.08. The predicted molar refractivity (Wildman–Crippen MR) is 85.9 cm³/mol. The van der Waals surface area contributed by atoms with Crippen molar-refractivity contribution >= 4 is 40.7 Å². The number of aromatic nitrogens is 1. The lowest BCUT2D eigenvalue weighted by atomic mass is 10.2. The van der Waals surface area contributed by atoms with E-state index in [1.807, 2.05) is 0 Å². The molecule has 0 radical (unpaired) electrons. The molecule has 0 aliphatic heterocycles. The maximum Gasteiger partial charge on any atom is 0.257 e. The predicted octanol–water partition coefficient (Wildman–Crippen LogP) is 2.87. The summed E-state index contributed by atoms with van der Waals surface area (Å²) in [5.74, 6) is 0.761. The molecule has 2 rings (SSSR count). The highest BCUT2D eigenvalue weighted by molar-refractivity contribution is 7.80. The molecular weight excluding hydrogens is 310 g/mol. The van der Waals surface area contributed by atoms with Crippen molar-refractivity contribution in [2.24, 2.45) is 0 Å². The van der Waals surface area contributed by atoms with Crippen LogP contribution in [0.4, 0.5) is 5.82 Å². The van der Waals surface area contributed by atoms with Crippen LogP contribution in [0.15, 0.2) is 42.6 Å². The fourth-order valence-electron chi connectivity index (χ4n) is 1.54. The van der Waals surface area contributed by atoms with E-state index in [0.29, 0.717) is 22.2 Å². The summed E-state index contributed by atoms with van der Waals surface area (Å²) in [6, 6.07) is 10.1. The minimum atomic E-state index is -0.333. The van der Waals surface area contributed by atoms with E-state index in [0.717, 1.165) is 0 Å². The largest absolute Gasteiger partial charge is 0.497 e. The number of anilines is 1. The number of amides is 1. The molecule has 1 amide bonds. The molecule has 0 aliphatic rings. The number of thiocarbonyl (C=S) groups is 1. The van der Waals surface area contributed by atoms with E-state index >= 15 is 0 Å². The van der Waals surface area contributed by atoms with Crippen LogP contribution in [0.25, 0.3) is 0 Å². The van der Waals surface area contributed by atoms with Crippen LogP contribution < -0.4 is 15.4 Å². The van der Waals surface area contributed by atoms with Gasteiger partial charge in [0.2, 0.25) is 0 Å². The van der Waals surface area contributed by atoms with Gasteiger partial charge in [0.05, 0.1) is 12.1 Å². The maximum absolute atomic E-state index is 12.0. The molecule has 2 aromatic rings. The van der Waals surface area contributed by atoms with Crippen molar-refractivity contribution in [3.05, 3.63) is 53.2 Å². The zero-order valence-corrected chi connectivity index (χ0v) is 12.7. The van der Waals surface area contributed by atoms with Crippen molar-refractivity contribution in [1.82, 2.24) is 10.3 Å². The van der Waals surface area contributed by atoms with Crippen LogP contribution in [0.3, 0.4) is 0 Å². The lowest BCUT2D eigenvalue weighted by Crippen LogP contribution is -2.34. The van der Waals surface area contributed by atoms with Gasteiger partial charge in [-0.3, -0.25) is 10.1 Å². The van der Waals surface area contributed by atoms with Crippen molar-refractivity contribution < 1.29 is 9.53 Å². The Hall–Kier alpha value is -2.18. The van der Waals surface area contributed by atoms with Gasteiger partial charge in [0, 0.05) is 11.8 Å². The first-order chi connectivity index (χ1) is 10.1. The Morgan fingerprint density at radius 3 is 2.81 bits per heavy atom. The second kappa shape index (κ2) is 7.01. The van der Waals surface area contributed by atoms with E-state index in [1.54, 1.807) is 36.4 Å². The quantitative estimate of drug-likeness (QED) is 0.851. The third-order valence-electron chi connectivity index (χ3n) is 2.53. The molecule has 2 N–H and O–H groups in total. The highest BCUT2D eigenvalue weighted by Crippen LogP contribution is 2.12. The molecule has 21 heavy (non-hydrogen) atoms. The summed E-state index contributed by atoms with van der Waals surface area (Å²) in [7, 11) is 1.54. The normalized spacial score (nSPS) is 9.81. The molecule has 108 valence electrons. The second-order valence-corrected chi connectivity index (χ2v) is 4.85. The van der Waals surface area contributed by atoms with Gasteiger partial charge in [-0.1, -0.05) is 17.7 Å². The number of carbonyl (C=O) groups is 1. The highest BCUT2D eigenvalue weighted by atomic mass is 35.5. The number of rotatable bonds is 3. The van der Waals surface area contributed by atoms with Gasteiger partial charge in [-0.2, -0.15) is 0 Å². The van der Waals surface area contributed by atoms with Gasteiger partial charge in [-0.15, -0.1) is 0 Å². The minimum absolute atomic E-state index is 0.151. The molecule has 1 heterocycles.